The lowest BCUT2D eigenvalue weighted by Crippen LogP contribution is -2.54. The van der Waals surface area contributed by atoms with Crippen molar-refractivity contribution in [1.29, 1.82) is 0 Å². The van der Waals surface area contributed by atoms with Crippen LogP contribution in [0.15, 0.2) is 24.3 Å². The van der Waals surface area contributed by atoms with Crippen LogP contribution >= 0.6 is 0 Å². The Labute approximate surface area is 132 Å². The molecule has 1 N–H and O–H groups in total. The van der Waals surface area contributed by atoms with Crippen LogP contribution in [0.5, 0.6) is 0 Å². The Kier molecular flexibility index (Phi) is 5.08. The first-order valence-electron chi connectivity index (χ1n) is 8.12. The number of fused-ring (bicyclic) bond motifs is 1. The zero-order valence-electron chi connectivity index (χ0n) is 13.3. The normalized spacial score (nSPS) is 23.7. The predicted octanol–water partition coefficient (Wildman–Crippen LogP) is 1.20. The summed E-state index contributed by atoms with van der Waals surface area (Å²) in [5, 5.41) is 3.10. The molecule has 120 valence electrons. The van der Waals surface area contributed by atoms with E-state index in [1.807, 2.05) is 18.2 Å². The maximum atomic E-state index is 12.5. The maximum absolute atomic E-state index is 12.5. The maximum Gasteiger partial charge on any atom is 0.241 e. The van der Waals surface area contributed by atoms with Crippen LogP contribution in [0, 0.1) is 0 Å². The van der Waals surface area contributed by atoms with Crippen LogP contribution in [-0.4, -0.2) is 68.2 Å². The van der Waals surface area contributed by atoms with Crippen LogP contribution in [0.3, 0.4) is 0 Å². The van der Waals surface area contributed by atoms with Gasteiger partial charge in [0.1, 0.15) is 0 Å². The van der Waals surface area contributed by atoms with Crippen molar-refractivity contribution < 1.29 is 9.53 Å². The molecule has 1 saturated heterocycles. The Hall–Kier alpha value is -1.43. The summed E-state index contributed by atoms with van der Waals surface area (Å²) >= 11 is 0. The summed E-state index contributed by atoms with van der Waals surface area (Å²) in [5.41, 5.74) is 2.23. The molecule has 0 spiro atoms. The Morgan fingerprint density at radius 3 is 2.77 bits per heavy atom. The molecule has 0 aromatic heterocycles. The number of carbonyl (C=O) groups is 1. The first-order chi connectivity index (χ1) is 10.8. The Morgan fingerprint density at radius 2 is 2.00 bits per heavy atom. The van der Waals surface area contributed by atoms with Crippen molar-refractivity contribution in [3.63, 3.8) is 0 Å². The molecule has 2 aliphatic heterocycles. The molecule has 2 heterocycles. The average molecular weight is 303 g/mol. The van der Waals surface area contributed by atoms with Gasteiger partial charge in [0.2, 0.25) is 5.91 Å². The van der Waals surface area contributed by atoms with E-state index in [0.29, 0.717) is 0 Å². The van der Waals surface area contributed by atoms with E-state index < -0.39 is 0 Å². The number of nitrogens with one attached hydrogen (secondary N) is 1. The number of ether oxygens (including phenoxy) is 1. The second-order valence-electron chi connectivity index (χ2n) is 6.07. The number of carbonyl (C=O) groups excluding carboxylic acids is 1. The van der Waals surface area contributed by atoms with E-state index in [1.54, 1.807) is 7.11 Å². The Morgan fingerprint density at radius 1 is 1.23 bits per heavy atom. The first-order valence-corrected chi connectivity index (χ1v) is 8.12. The number of anilines is 1. The highest BCUT2D eigenvalue weighted by atomic mass is 16.5. The molecule has 3 rings (SSSR count). The van der Waals surface area contributed by atoms with Crippen molar-refractivity contribution >= 4 is 11.6 Å². The third-order valence-electron chi connectivity index (χ3n) is 4.72. The van der Waals surface area contributed by atoms with E-state index in [2.05, 4.69) is 21.2 Å². The molecule has 1 atom stereocenters. The fraction of sp³-hybridized carbons (Fsp3) is 0.588. The summed E-state index contributed by atoms with van der Waals surface area (Å²) in [6.45, 7) is 5.70. The number of hydrogen-bond acceptors (Lipinski definition) is 4. The molecule has 22 heavy (non-hydrogen) atoms. The molecule has 5 nitrogen and oxygen atoms in total. The van der Waals surface area contributed by atoms with Crippen LogP contribution < -0.4 is 5.32 Å². The van der Waals surface area contributed by atoms with Crippen LogP contribution in [0.25, 0.3) is 0 Å². The van der Waals surface area contributed by atoms with Gasteiger partial charge in [-0.2, -0.15) is 0 Å². The average Bonchev–Trinajstić information content (AvgIpc) is 2.72. The van der Waals surface area contributed by atoms with E-state index >= 15 is 0 Å². The zero-order chi connectivity index (χ0) is 15.4. The fourth-order valence-electron chi connectivity index (χ4n) is 3.37. The van der Waals surface area contributed by atoms with Gasteiger partial charge in [0, 0.05) is 45.5 Å². The Bertz CT molecular complexity index is 512. The smallest absolute Gasteiger partial charge is 0.241 e. The molecule has 0 unspecified atom stereocenters. The quantitative estimate of drug-likeness (QED) is 0.908. The molecule has 0 radical (unpaired) electrons. The molecular formula is C17H25N3O2. The highest BCUT2D eigenvalue weighted by molar-refractivity contribution is 5.96. The van der Waals surface area contributed by atoms with Crippen LogP contribution in [-0.2, 0) is 16.0 Å². The topological polar surface area (TPSA) is 44.8 Å². The van der Waals surface area contributed by atoms with Gasteiger partial charge >= 0.3 is 0 Å². The van der Waals surface area contributed by atoms with Crippen molar-refractivity contribution in [2.24, 2.45) is 0 Å². The molecule has 0 saturated carbocycles. The number of benzene rings is 1. The minimum absolute atomic E-state index is 0.00280. The molecule has 0 aliphatic carbocycles. The predicted molar refractivity (Wildman–Crippen MR) is 87.1 cm³/mol. The number of rotatable bonds is 4. The van der Waals surface area contributed by atoms with Gasteiger partial charge in [-0.15, -0.1) is 0 Å². The summed E-state index contributed by atoms with van der Waals surface area (Å²) in [4.78, 5) is 17.3. The second-order valence-corrected chi connectivity index (χ2v) is 6.07. The summed E-state index contributed by atoms with van der Waals surface area (Å²) in [6.07, 6.45) is 1.87. The van der Waals surface area contributed by atoms with Gasteiger partial charge in [0.15, 0.2) is 0 Å². The number of aryl methyl sites for hydroxylation is 1. The molecule has 1 aromatic rings. The van der Waals surface area contributed by atoms with Gasteiger partial charge in [-0.1, -0.05) is 18.2 Å². The standard InChI is InChI=1S/C17H25N3O2/c1-22-13-12-19-8-10-20(11-9-19)16-7-6-14-4-2-3-5-15(14)18-17(16)21/h2-5,16H,6-13H2,1H3,(H,18,21)/t16-/m0/s1. The summed E-state index contributed by atoms with van der Waals surface area (Å²) in [7, 11) is 1.74. The molecule has 1 fully saturated rings. The SMILES string of the molecule is COCCN1CCN([C@H]2CCc3ccccc3NC2=O)CC1. The van der Waals surface area contributed by atoms with Gasteiger partial charge in [0.05, 0.1) is 12.6 Å². The molecule has 1 aromatic carbocycles. The second kappa shape index (κ2) is 7.22. The number of amides is 1. The van der Waals surface area contributed by atoms with Crippen LogP contribution in [0.4, 0.5) is 5.69 Å². The van der Waals surface area contributed by atoms with Crippen molar-refractivity contribution in [2.45, 2.75) is 18.9 Å². The zero-order valence-corrected chi connectivity index (χ0v) is 13.3. The molecule has 0 bridgehead atoms. The summed E-state index contributed by atoms with van der Waals surface area (Å²) < 4.78 is 5.14. The third-order valence-corrected chi connectivity index (χ3v) is 4.72. The van der Waals surface area contributed by atoms with E-state index in [9.17, 15) is 4.79 Å². The van der Waals surface area contributed by atoms with Crippen LogP contribution in [0.1, 0.15) is 12.0 Å². The minimum Gasteiger partial charge on any atom is -0.383 e. The van der Waals surface area contributed by atoms with Gasteiger partial charge in [0.25, 0.3) is 0 Å². The molecule has 2 aliphatic rings. The van der Waals surface area contributed by atoms with Crippen molar-refractivity contribution in [2.75, 3.05) is 51.8 Å². The minimum atomic E-state index is -0.00280. The molecule has 5 heteroatoms. The first kappa shape index (κ1) is 15.5. The lowest BCUT2D eigenvalue weighted by atomic mass is 10.0. The van der Waals surface area contributed by atoms with E-state index in [1.165, 1.54) is 5.56 Å². The molecular weight excluding hydrogens is 278 g/mol. The number of nitrogens with zero attached hydrogens (tertiary/aromatic N) is 2. The van der Waals surface area contributed by atoms with Gasteiger partial charge in [-0.05, 0) is 24.5 Å². The summed E-state index contributed by atoms with van der Waals surface area (Å²) in [5.74, 6) is 0.148. The van der Waals surface area contributed by atoms with E-state index in [4.69, 9.17) is 4.74 Å². The largest absolute Gasteiger partial charge is 0.383 e. The number of para-hydroxylation sites is 1. The van der Waals surface area contributed by atoms with Gasteiger partial charge < -0.3 is 10.1 Å². The number of hydrogen-bond donors (Lipinski definition) is 1. The van der Waals surface area contributed by atoms with Crippen molar-refractivity contribution in [1.82, 2.24) is 9.80 Å². The monoisotopic (exact) mass is 303 g/mol. The Balaban J connectivity index is 1.59. The highest BCUT2D eigenvalue weighted by Crippen LogP contribution is 2.24. The van der Waals surface area contributed by atoms with Crippen molar-refractivity contribution in [3.8, 4) is 0 Å². The summed E-state index contributed by atoms with van der Waals surface area (Å²) in [6, 6.07) is 8.13. The fourth-order valence-corrected chi connectivity index (χ4v) is 3.37. The third kappa shape index (κ3) is 3.48. The van der Waals surface area contributed by atoms with E-state index in [-0.39, 0.29) is 11.9 Å². The lowest BCUT2D eigenvalue weighted by molar-refractivity contribution is -0.122. The van der Waals surface area contributed by atoms with Gasteiger partial charge in [-0.3, -0.25) is 14.6 Å². The number of methoxy groups -OCH3 is 1. The van der Waals surface area contributed by atoms with Crippen LogP contribution in [0.2, 0.25) is 0 Å². The van der Waals surface area contributed by atoms with Gasteiger partial charge in [-0.25, -0.2) is 0 Å². The number of piperazine rings is 1. The van der Waals surface area contributed by atoms with Crippen molar-refractivity contribution in [3.05, 3.63) is 29.8 Å². The molecule has 1 amide bonds. The van der Waals surface area contributed by atoms with E-state index in [0.717, 1.165) is 57.9 Å². The lowest BCUT2D eigenvalue weighted by Gasteiger charge is -2.38. The highest BCUT2D eigenvalue weighted by Gasteiger charge is 2.30.